The first-order chi connectivity index (χ1) is 21.4. The number of nitrogens with one attached hydrogen (secondary N) is 3. The van der Waals surface area contributed by atoms with Gasteiger partial charge in [0.05, 0.1) is 27.8 Å². The Balaban J connectivity index is 1.08. The highest BCUT2D eigenvalue weighted by Crippen LogP contribution is 2.32. The number of aromatic nitrogens is 3. The smallest absolute Gasteiger partial charge is 0.261 e. The molecule has 0 aliphatic carbocycles. The Morgan fingerprint density at radius 2 is 1.75 bits per heavy atom. The maximum absolute atomic E-state index is 13.3. The summed E-state index contributed by atoms with van der Waals surface area (Å²) in [5.74, 6) is 0.338. The molecule has 2 aliphatic heterocycles. The molecule has 4 N–H and O–H groups in total. The number of rotatable bonds is 8. The molecule has 2 amide bonds. The lowest BCUT2D eigenvalue weighted by Crippen LogP contribution is -2.46. The van der Waals surface area contributed by atoms with E-state index in [9.17, 15) is 19.5 Å². The number of hydrogen-bond donors (Lipinski definition) is 4. The molecule has 2 aliphatic rings. The van der Waals surface area contributed by atoms with Crippen molar-refractivity contribution >= 4 is 39.3 Å². The second-order valence-corrected chi connectivity index (χ2v) is 11.5. The summed E-state index contributed by atoms with van der Waals surface area (Å²) >= 11 is 0. The summed E-state index contributed by atoms with van der Waals surface area (Å²) in [6.45, 7) is 1.84. The first kappa shape index (κ1) is 27.8. The third kappa shape index (κ3) is 5.10. The van der Waals surface area contributed by atoms with E-state index in [1.807, 2.05) is 49.5 Å². The first-order valence-electron chi connectivity index (χ1n) is 14.7. The van der Waals surface area contributed by atoms with Gasteiger partial charge in [-0.05, 0) is 74.1 Å². The SMILES string of the molecule is CN1CCC(N2C(=O)c3cc4nc(-c5c(NC[C@@H](O)COc6ccc7ccccc7c6)cc[nH]c5=O)[nH]c4cc3C2=O)CC1. The summed E-state index contributed by atoms with van der Waals surface area (Å²) in [6.07, 6.45) is 2.15. The van der Waals surface area contributed by atoms with Crippen LogP contribution in [0.1, 0.15) is 33.6 Å². The van der Waals surface area contributed by atoms with Crippen molar-refractivity contribution in [2.24, 2.45) is 0 Å². The van der Waals surface area contributed by atoms with E-state index in [1.54, 1.807) is 18.2 Å². The number of aromatic amines is 2. The van der Waals surface area contributed by atoms with Crippen molar-refractivity contribution < 1.29 is 19.4 Å². The van der Waals surface area contributed by atoms with Gasteiger partial charge in [0.15, 0.2) is 0 Å². The van der Waals surface area contributed by atoms with Crippen molar-refractivity contribution in [1.82, 2.24) is 24.8 Å². The zero-order chi connectivity index (χ0) is 30.4. The van der Waals surface area contributed by atoms with Crippen molar-refractivity contribution in [3.63, 3.8) is 0 Å². The average Bonchev–Trinajstić information content (AvgIpc) is 3.55. The maximum Gasteiger partial charge on any atom is 0.261 e. The fourth-order valence-corrected chi connectivity index (χ4v) is 6.06. The number of pyridine rings is 1. The lowest BCUT2D eigenvalue weighted by molar-refractivity contribution is 0.0516. The summed E-state index contributed by atoms with van der Waals surface area (Å²) < 4.78 is 5.81. The van der Waals surface area contributed by atoms with Crippen LogP contribution in [-0.4, -0.2) is 87.1 Å². The molecule has 0 spiro atoms. The third-order valence-electron chi connectivity index (χ3n) is 8.46. The van der Waals surface area contributed by atoms with Crippen molar-refractivity contribution in [3.05, 3.63) is 88.3 Å². The van der Waals surface area contributed by atoms with Crippen LogP contribution in [0.3, 0.4) is 0 Å². The molecular weight excluding hydrogens is 560 g/mol. The number of imide groups is 1. The fourth-order valence-electron chi connectivity index (χ4n) is 6.06. The number of amides is 2. The van der Waals surface area contributed by atoms with E-state index < -0.39 is 6.10 Å². The predicted molar refractivity (Wildman–Crippen MR) is 167 cm³/mol. The third-order valence-corrected chi connectivity index (χ3v) is 8.46. The van der Waals surface area contributed by atoms with Gasteiger partial charge in [-0.2, -0.15) is 0 Å². The zero-order valence-corrected chi connectivity index (χ0v) is 24.2. The molecule has 7 rings (SSSR count). The largest absolute Gasteiger partial charge is 0.491 e. The predicted octanol–water partition coefficient (Wildman–Crippen LogP) is 3.61. The van der Waals surface area contributed by atoms with Crippen LogP contribution in [0.4, 0.5) is 5.69 Å². The van der Waals surface area contributed by atoms with Crippen LogP contribution in [-0.2, 0) is 0 Å². The number of likely N-dealkylation sites (tertiary alicyclic amines) is 1. The minimum Gasteiger partial charge on any atom is -0.491 e. The van der Waals surface area contributed by atoms with E-state index in [1.165, 1.54) is 11.1 Å². The molecule has 0 radical (unpaired) electrons. The van der Waals surface area contributed by atoms with Crippen LogP contribution < -0.4 is 15.6 Å². The van der Waals surface area contributed by atoms with Gasteiger partial charge in [-0.15, -0.1) is 0 Å². The zero-order valence-electron chi connectivity index (χ0n) is 24.2. The molecule has 3 aromatic carbocycles. The molecule has 1 atom stereocenters. The molecule has 2 aromatic heterocycles. The minimum atomic E-state index is -0.864. The Kier molecular flexibility index (Phi) is 7.11. The number of anilines is 1. The Morgan fingerprint density at radius 1 is 1.00 bits per heavy atom. The van der Waals surface area contributed by atoms with E-state index in [0.717, 1.165) is 36.7 Å². The molecule has 1 saturated heterocycles. The van der Waals surface area contributed by atoms with Crippen LogP contribution >= 0.6 is 0 Å². The second-order valence-electron chi connectivity index (χ2n) is 11.5. The van der Waals surface area contributed by atoms with Gasteiger partial charge in [-0.3, -0.25) is 19.3 Å². The number of imidazole rings is 1. The number of ether oxygens (including phenoxy) is 1. The second kappa shape index (κ2) is 11.3. The van der Waals surface area contributed by atoms with Crippen LogP contribution in [0.5, 0.6) is 5.75 Å². The van der Waals surface area contributed by atoms with Gasteiger partial charge >= 0.3 is 0 Å². The summed E-state index contributed by atoms with van der Waals surface area (Å²) in [5.41, 5.74) is 2.01. The Hall–Kier alpha value is -5.00. The molecule has 11 nitrogen and oxygen atoms in total. The minimum absolute atomic E-state index is 0.0523. The Morgan fingerprint density at radius 3 is 2.55 bits per heavy atom. The van der Waals surface area contributed by atoms with Crippen molar-refractivity contribution in [3.8, 4) is 17.1 Å². The monoisotopic (exact) mass is 592 g/mol. The summed E-state index contributed by atoms with van der Waals surface area (Å²) in [7, 11) is 2.03. The summed E-state index contributed by atoms with van der Waals surface area (Å²) in [5, 5.41) is 15.9. The van der Waals surface area contributed by atoms with Gasteiger partial charge in [0.25, 0.3) is 17.4 Å². The first-order valence-corrected chi connectivity index (χ1v) is 14.7. The number of piperidine rings is 1. The molecule has 11 heteroatoms. The molecule has 44 heavy (non-hydrogen) atoms. The quantitative estimate of drug-likeness (QED) is 0.200. The Bertz CT molecular complexity index is 1900. The van der Waals surface area contributed by atoms with E-state index in [0.29, 0.717) is 33.6 Å². The number of carbonyl (C=O) groups is 2. The molecule has 0 saturated carbocycles. The number of nitrogens with zero attached hydrogens (tertiary/aromatic N) is 3. The normalized spacial score (nSPS) is 16.5. The molecular formula is C33H32N6O5. The number of H-pyrrole nitrogens is 2. The fraction of sp³-hybridized carbons (Fsp3) is 0.273. The van der Waals surface area contributed by atoms with Crippen LogP contribution in [0.2, 0.25) is 0 Å². The highest BCUT2D eigenvalue weighted by molar-refractivity contribution is 6.23. The number of aliphatic hydroxyl groups excluding tert-OH is 1. The number of benzene rings is 3. The number of carbonyl (C=O) groups excluding carboxylic acids is 2. The molecule has 5 aromatic rings. The van der Waals surface area contributed by atoms with E-state index in [-0.39, 0.29) is 48.0 Å². The molecule has 0 bridgehead atoms. The summed E-state index contributed by atoms with van der Waals surface area (Å²) in [6, 6.07) is 18.6. The van der Waals surface area contributed by atoms with Gasteiger partial charge in [0, 0.05) is 18.8 Å². The van der Waals surface area contributed by atoms with Gasteiger partial charge in [0.1, 0.15) is 29.8 Å². The molecule has 224 valence electrons. The molecule has 4 heterocycles. The number of fused-ring (bicyclic) bond motifs is 3. The van der Waals surface area contributed by atoms with Gasteiger partial charge in [-0.1, -0.05) is 30.3 Å². The standard InChI is InChI=1S/C33H32N6O5/c1-38-12-9-21(10-13-38)39-32(42)24-15-27-28(16-25(24)33(39)43)37-30(36-27)29-26(8-11-34-31(29)41)35-17-22(40)18-44-23-7-6-19-4-2-3-5-20(19)14-23/h2-8,11,14-16,21-22,40H,9-10,12-13,17-18H2,1H3,(H,36,37)(H2,34,35,41)/t22-/m1/s1. The molecule has 1 fully saturated rings. The highest BCUT2D eigenvalue weighted by Gasteiger charge is 2.41. The lowest BCUT2D eigenvalue weighted by atomic mass is 10.0. The van der Waals surface area contributed by atoms with Crippen molar-refractivity contribution in [1.29, 1.82) is 0 Å². The molecule has 0 unspecified atom stereocenters. The average molecular weight is 593 g/mol. The van der Waals surface area contributed by atoms with Gasteiger partial charge in [-0.25, -0.2) is 4.98 Å². The lowest BCUT2D eigenvalue weighted by Gasteiger charge is -2.33. The van der Waals surface area contributed by atoms with Crippen LogP contribution in [0, 0.1) is 0 Å². The number of hydrogen-bond acceptors (Lipinski definition) is 8. The van der Waals surface area contributed by atoms with Gasteiger partial charge < -0.3 is 30.0 Å². The Labute approximate surface area is 252 Å². The van der Waals surface area contributed by atoms with E-state index in [2.05, 4.69) is 25.2 Å². The summed E-state index contributed by atoms with van der Waals surface area (Å²) in [4.78, 5) is 53.7. The van der Waals surface area contributed by atoms with E-state index in [4.69, 9.17) is 4.74 Å². The number of aliphatic hydroxyl groups is 1. The highest BCUT2D eigenvalue weighted by atomic mass is 16.5. The van der Waals surface area contributed by atoms with E-state index >= 15 is 0 Å². The maximum atomic E-state index is 13.3. The van der Waals surface area contributed by atoms with Crippen molar-refractivity contribution in [2.75, 3.05) is 38.6 Å². The van der Waals surface area contributed by atoms with Crippen molar-refractivity contribution in [2.45, 2.75) is 25.0 Å². The topological polar surface area (TPSA) is 144 Å². The van der Waals surface area contributed by atoms with Gasteiger partial charge in [0.2, 0.25) is 0 Å². The van der Waals surface area contributed by atoms with Crippen LogP contribution in [0.25, 0.3) is 33.2 Å². The van der Waals surface area contributed by atoms with Crippen LogP contribution in [0.15, 0.2) is 71.7 Å².